The van der Waals surface area contributed by atoms with Gasteiger partial charge in [0.05, 0.1) is 5.56 Å². The zero-order chi connectivity index (χ0) is 18.4. The minimum absolute atomic E-state index is 0.00357. The molecule has 1 aliphatic heterocycles. The Morgan fingerprint density at radius 1 is 1.38 bits per heavy atom. The van der Waals surface area contributed by atoms with Gasteiger partial charge in [-0.3, -0.25) is 9.59 Å². The number of Topliss-reactive ketones (excluding diaryl/α,β-unsaturated/α-hetero) is 1. The fourth-order valence-corrected chi connectivity index (χ4v) is 5.38. The summed E-state index contributed by atoms with van der Waals surface area (Å²) >= 11 is 7.34. The molecule has 2 aromatic rings. The molecule has 4 nitrogen and oxygen atoms in total. The molecule has 0 bridgehead atoms. The maximum absolute atomic E-state index is 13.9. The van der Waals surface area contributed by atoms with E-state index in [1.807, 2.05) is 0 Å². The second kappa shape index (κ2) is 6.76. The third-order valence-electron chi connectivity index (χ3n) is 5.12. The number of rotatable bonds is 5. The van der Waals surface area contributed by atoms with Gasteiger partial charge in [-0.25, -0.2) is 4.39 Å². The minimum Gasteiger partial charge on any atom is -0.366 e. The molecule has 0 radical (unpaired) electrons. The van der Waals surface area contributed by atoms with E-state index in [1.165, 1.54) is 6.07 Å². The predicted octanol–water partition coefficient (Wildman–Crippen LogP) is 3.20. The minimum atomic E-state index is -0.460. The van der Waals surface area contributed by atoms with E-state index in [2.05, 4.69) is 5.32 Å². The SMILES string of the molecule is NC(=O)c1c(C2CC2C(=O)Cc2ccc(Cl)cc2F)sc2c1CCNC2. The summed E-state index contributed by atoms with van der Waals surface area (Å²) in [5.41, 5.74) is 7.64. The maximum atomic E-state index is 13.9. The highest BCUT2D eigenvalue weighted by molar-refractivity contribution is 7.12. The van der Waals surface area contributed by atoms with Crippen LogP contribution in [0.5, 0.6) is 0 Å². The third kappa shape index (κ3) is 3.17. The van der Waals surface area contributed by atoms with Crippen LogP contribution >= 0.6 is 22.9 Å². The van der Waals surface area contributed by atoms with Crippen LogP contribution in [0.15, 0.2) is 18.2 Å². The first-order valence-corrected chi connectivity index (χ1v) is 9.76. The number of halogens is 2. The van der Waals surface area contributed by atoms with Gasteiger partial charge in [0.1, 0.15) is 11.6 Å². The Balaban J connectivity index is 1.54. The Kier molecular flexibility index (Phi) is 4.59. The van der Waals surface area contributed by atoms with Crippen molar-refractivity contribution in [3.05, 3.63) is 55.5 Å². The summed E-state index contributed by atoms with van der Waals surface area (Å²) in [6, 6.07) is 4.36. The van der Waals surface area contributed by atoms with E-state index >= 15 is 0 Å². The van der Waals surface area contributed by atoms with Gasteiger partial charge >= 0.3 is 0 Å². The van der Waals surface area contributed by atoms with Gasteiger partial charge in [-0.1, -0.05) is 17.7 Å². The quantitative estimate of drug-likeness (QED) is 0.820. The lowest BCUT2D eigenvalue weighted by molar-refractivity contribution is -0.119. The van der Waals surface area contributed by atoms with Crippen LogP contribution in [0.25, 0.3) is 0 Å². The summed E-state index contributed by atoms with van der Waals surface area (Å²) < 4.78 is 13.9. The highest BCUT2D eigenvalue weighted by atomic mass is 35.5. The molecule has 1 fully saturated rings. The number of nitrogens with one attached hydrogen (secondary N) is 1. The van der Waals surface area contributed by atoms with Crippen LogP contribution in [0.4, 0.5) is 4.39 Å². The molecule has 3 N–H and O–H groups in total. The monoisotopic (exact) mass is 392 g/mol. The Bertz CT molecular complexity index is 911. The van der Waals surface area contributed by atoms with E-state index in [4.69, 9.17) is 17.3 Å². The van der Waals surface area contributed by atoms with Crippen molar-refractivity contribution < 1.29 is 14.0 Å². The Morgan fingerprint density at radius 2 is 2.19 bits per heavy atom. The first-order valence-electron chi connectivity index (χ1n) is 8.57. The fourth-order valence-electron chi connectivity index (χ4n) is 3.71. The summed E-state index contributed by atoms with van der Waals surface area (Å²) in [6.07, 6.45) is 1.52. The van der Waals surface area contributed by atoms with Crippen molar-refractivity contribution in [3.8, 4) is 0 Å². The lowest BCUT2D eigenvalue weighted by Crippen LogP contribution is -2.24. The number of hydrogen-bond acceptors (Lipinski definition) is 4. The van der Waals surface area contributed by atoms with Gasteiger partial charge in [-0.2, -0.15) is 0 Å². The Morgan fingerprint density at radius 3 is 2.92 bits per heavy atom. The summed E-state index contributed by atoms with van der Waals surface area (Å²) in [4.78, 5) is 26.7. The Hall–Kier alpha value is -1.76. The largest absolute Gasteiger partial charge is 0.366 e. The van der Waals surface area contributed by atoms with Crippen molar-refractivity contribution in [3.63, 3.8) is 0 Å². The summed E-state index contributed by atoms with van der Waals surface area (Å²) in [6.45, 7) is 1.56. The molecular weight excluding hydrogens is 375 g/mol. The molecule has 7 heteroatoms. The number of benzene rings is 1. The number of nitrogens with two attached hydrogens (primary N) is 1. The van der Waals surface area contributed by atoms with Crippen LogP contribution in [0, 0.1) is 11.7 Å². The molecule has 1 aromatic carbocycles. The van der Waals surface area contributed by atoms with Gasteiger partial charge < -0.3 is 11.1 Å². The number of carbonyl (C=O) groups is 2. The number of thiophene rings is 1. The topological polar surface area (TPSA) is 72.2 Å². The van der Waals surface area contributed by atoms with Gasteiger partial charge in [-0.05, 0) is 42.6 Å². The molecule has 1 amide bonds. The van der Waals surface area contributed by atoms with E-state index in [0.717, 1.165) is 34.8 Å². The van der Waals surface area contributed by atoms with E-state index in [1.54, 1.807) is 23.5 Å². The van der Waals surface area contributed by atoms with E-state index in [-0.39, 0.29) is 24.0 Å². The number of fused-ring (bicyclic) bond motifs is 1. The molecule has 1 aromatic heterocycles. The fraction of sp³-hybridized carbons (Fsp3) is 0.368. The summed E-state index contributed by atoms with van der Waals surface area (Å²) in [5.74, 6) is -1.02. The van der Waals surface area contributed by atoms with Crippen LogP contribution in [-0.4, -0.2) is 18.2 Å². The van der Waals surface area contributed by atoms with E-state index in [9.17, 15) is 14.0 Å². The van der Waals surface area contributed by atoms with Gasteiger partial charge in [0.2, 0.25) is 5.91 Å². The molecule has 1 aliphatic carbocycles. The van der Waals surface area contributed by atoms with Crippen molar-refractivity contribution in [2.24, 2.45) is 11.7 Å². The number of amides is 1. The number of ketones is 1. The molecular formula is C19H18ClFN2O2S. The first kappa shape index (κ1) is 17.6. The van der Waals surface area contributed by atoms with Crippen LogP contribution in [0.3, 0.4) is 0 Å². The van der Waals surface area contributed by atoms with Gasteiger partial charge in [-0.15, -0.1) is 11.3 Å². The summed E-state index contributed by atoms with van der Waals surface area (Å²) in [5, 5.41) is 3.61. The highest BCUT2D eigenvalue weighted by Gasteiger charge is 2.46. The second-order valence-electron chi connectivity index (χ2n) is 6.86. The van der Waals surface area contributed by atoms with E-state index in [0.29, 0.717) is 22.6 Å². The van der Waals surface area contributed by atoms with Crippen LogP contribution < -0.4 is 11.1 Å². The highest BCUT2D eigenvalue weighted by Crippen LogP contribution is 2.53. The van der Waals surface area contributed by atoms with Crippen molar-refractivity contribution in [1.29, 1.82) is 0 Å². The number of carbonyl (C=O) groups excluding carboxylic acids is 2. The number of hydrogen-bond donors (Lipinski definition) is 2. The zero-order valence-corrected chi connectivity index (χ0v) is 15.6. The third-order valence-corrected chi connectivity index (χ3v) is 6.72. The van der Waals surface area contributed by atoms with Crippen molar-refractivity contribution in [2.45, 2.75) is 31.7 Å². The first-order chi connectivity index (χ1) is 12.5. The van der Waals surface area contributed by atoms with Crippen LogP contribution in [-0.2, 0) is 24.2 Å². The van der Waals surface area contributed by atoms with Crippen LogP contribution in [0.2, 0.25) is 5.02 Å². The van der Waals surface area contributed by atoms with Crippen molar-refractivity contribution in [1.82, 2.24) is 5.32 Å². The van der Waals surface area contributed by atoms with Gasteiger partial charge in [0.15, 0.2) is 0 Å². The smallest absolute Gasteiger partial charge is 0.250 e. The second-order valence-corrected chi connectivity index (χ2v) is 8.43. The molecule has 0 spiro atoms. The zero-order valence-electron chi connectivity index (χ0n) is 14.0. The average Bonchev–Trinajstić information content (AvgIpc) is 3.30. The normalized spacial score (nSPS) is 21.3. The van der Waals surface area contributed by atoms with Crippen LogP contribution in [0.1, 0.15) is 43.6 Å². The lowest BCUT2D eigenvalue weighted by atomic mass is 9.99. The lowest BCUT2D eigenvalue weighted by Gasteiger charge is -2.13. The molecule has 2 aliphatic rings. The molecule has 4 rings (SSSR count). The summed E-state index contributed by atoms with van der Waals surface area (Å²) in [7, 11) is 0. The van der Waals surface area contributed by atoms with Gasteiger partial charge in [0, 0.05) is 39.6 Å². The molecule has 26 heavy (non-hydrogen) atoms. The molecule has 2 atom stereocenters. The average molecular weight is 393 g/mol. The van der Waals surface area contributed by atoms with Crippen molar-refractivity contribution >= 4 is 34.6 Å². The van der Waals surface area contributed by atoms with E-state index < -0.39 is 11.7 Å². The molecule has 136 valence electrons. The Labute approximate surface area is 159 Å². The standard InChI is InChI=1S/C19H18ClFN2O2S/c20-10-2-1-9(14(21)6-10)5-15(24)12-7-13(12)18-17(19(22)25)11-3-4-23-8-16(11)26-18/h1-2,6,12-13,23H,3-5,7-8H2,(H2,22,25). The van der Waals surface area contributed by atoms with Gasteiger partial charge in [0.25, 0.3) is 0 Å². The molecule has 2 unspecified atom stereocenters. The molecule has 0 saturated heterocycles. The maximum Gasteiger partial charge on any atom is 0.250 e. The number of primary amides is 1. The predicted molar refractivity (Wildman–Crippen MR) is 99.2 cm³/mol. The molecule has 2 heterocycles. The molecule has 1 saturated carbocycles. The van der Waals surface area contributed by atoms with Crippen molar-refractivity contribution in [2.75, 3.05) is 6.54 Å².